The molecule has 0 rings (SSSR count). The minimum atomic E-state index is -1.04. The first-order chi connectivity index (χ1) is 7.25. The largest absolute Gasteiger partial charge is 0.481 e. The lowest BCUT2D eigenvalue weighted by Gasteiger charge is -2.29. The molecule has 1 atom stereocenters. The number of amides is 1. The van der Waals surface area contributed by atoms with Crippen molar-refractivity contribution >= 4 is 11.9 Å². The Morgan fingerprint density at radius 3 is 2.31 bits per heavy atom. The lowest BCUT2D eigenvalue weighted by Crippen LogP contribution is -2.39. The third-order valence-corrected chi connectivity index (χ3v) is 3.04. The van der Waals surface area contributed by atoms with Gasteiger partial charge in [-0.05, 0) is 12.8 Å². The van der Waals surface area contributed by atoms with E-state index in [0.717, 1.165) is 0 Å². The molecule has 1 N–H and O–H groups in total. The first-order valence-corrected chi connectivity index (χ1v) is 5.16. The van der Waals surface area contributed by atoms with Gasteiger partial charge in [0.1, 0.15) is 0 Å². The molecule has 0 aliphatic rings. The molecular weight excluding hydrogens is 206 g/mol. The molecule has 1 unspecified atom stereocenters. The van der Waals surface area contributed by atoms with E-state index in [9.17, 15) is 9.59 Å². The minimum Gasteiger partial charge on any atom is -0.481 e. The van der Waals surface area contributed by atoms with Crippen molar-refractivity contribution in [1.82, 2.24) is 4.90 Å². The Kier molecular flexibility index (Phi) is 5.03. The molecule has 0 aromatic heterocycles. The monoisotopic (exact) mass is 225 g/mol. The van der Waals surface area contributed by atoms with E-state index in [4.69, 9.17) is 11.5 Å². The molecular formula is C12H19NO3. The number of carboxylic acid groups (broad SMARTS) is 1. The molecule has 0 saturated carbocycles. The summed E-state index contributed by atoms with van der Waals surface area (Å²) in [6.07, 6.45) is 5.06. The Balaban J connectivity index is 4.74. The summed E-state index contributed by atoms with van der Waals surface area (Å²) < 4.78 is 0. The average Bonchev–Trinajstić information content (AvgIpc) is 2.17. The van der Waals surface area contributed by atoms with Crippen LogP contribution in [-0.2, 0) is 9.59 Å². The summed E-state index contributed by atoms with van der Waals surface area (Å²) in [4.78, 5) is 24.3. The van der Waals surface area contributed by atoms with E-state index in [1.807, 2.05) is 0 Å². The van der Waals surface area contributed by atoms with Gasteiger partial charge in [-0.15, -0.1) is 6.42 Å². The molecule has 0 bridgehead atoms. The molecule has 0 fully saturated rings. The van der Waals surface area contributed by atoms with Crippen LogP contribution in [0.1, 0.15) is 27.2 Å². The summed E-state index contributed by atoms with van der Waals surface area (Å²) in [7, 11) is 1.57. The van der Waals surface area contributed by atoms with Crippen molar-refractivity contribution in [3.63, 3.8) is 0 Å². The fourth-order valence-corrected chi connectivity index (χ4v) is 1.20. The van der Waals surface area contributed by atoms with Crippen LogP contribution in [0.5, 0.6) is 0 Å². The quantitative estimate of drug-likeness (QED) is 0.716. The van der Waals surface area contributed by atoms with Gasteiger partial charge >= 0.3 is 5.97 Å². The van der Waals surface area contributed by atoms with Gasteiger partial charge in [0.15, 0.2) is 0 Å². The van der Waals surface area contributed by atoms with Gasteiger partial charge < -0.3 is 10.0 Å². The van der Waals surface area contributed by atoms with Crippen LogP contribution in [-0.4, -0.2) is 35.5 Å². The van der Waals surface area contributed by atoms with Gasteiger partial charge in [-0.2, -0.15) is 0 Å². The SMILES string of the molecule is C#CCN(C)C(=O)CC(C)(C(=O)O)C(C)C. The van der Waals surface area contributed by atoms with E-state index in [0.29, 0.717) is 0 Å². The van der Waals surface area contributed by atoms with Crippen LogP contribution >= 0.6 is 0 Å². The maximum Gasteiger partial charge on any atom is 0.310 e. The van der Waals surface area contributed by atoms with E-state index in [1.165, 1.54) is 4.90 Å². The van der Waals surface area contributed by atoms with Crippen molar-refractivity contribution in [3.05, 3.63) is 0 Å². The van der Waals surface area contributed by atoms with Crippen LogP contribution in [0.15, 0.2) is 0 Å². The molecule has 90 valence electrons. The first-order valence-electron chi connectivity index (χ1n) is 5.16. The summed E-state index contributed by atoms with van der Waals surface area (Å²) in [6.45, 7) is 5.37. The van der Waals surface area contributed by atoms with Crippen molar-refractivity contribution < 1.29 is 14.7 Å². The number of hydrogen-bond donors (Lipinski definition) is 1. The van der Waals surface area contributed by atoms with Gasteiger partial charge in [-0.3, -0.25) is 9.59 Å². The molecule has 1 amide bonds. The summed E-state index contributed by atoms with van der Waals surface area (Å²) >= 11 is 0. The molecule has 0 aliphatic heterocycles. The summed E-state index contributed by atoms with van der Waals surface area (Å²) in [5, 5.41) is 9.15. The Morgan fingerprint density at radius 1 is 1.50 bits per heavy atom. The molecule has 0 aliphatic carbocycles. The highest BCUT2D eigenvalue weighted by Crippen LogP contribution is 2.31. The topological polar surface area (TPSA) is 57.6 Å². The van der Waals surface area contributed by atoms with Gasteiger partial charge in [0.05, 0.1) is 12.0 Å². The van der Waals surface area contributed by atoms with Crippen LogP contribution in [0, 0.1) is 23.7 Å². The Labute approximate surface area is 96.6 Å². The van der Waals surface area contributed by atoms with Crippen LogP contribution in [0.4, 0.5) is 0 Å². The summed E-state index contributed by atoms with van der Waals surface area (Å²) in [5.41, 5.74) is -1.04. The maximum absolute atomic E-state index is 11.7. The molecule has 4 heteroatoms. The molecule has 0 aromatic rings. The van der Waals surface area contributed by atoms with Crippen molar-refractivity contribution in [2.45, 2.75) is 27.2 Å². The number of carbonyl (C=O) groups excluding carboxylic acids is 1. The van der Waals surface area contributed by atoms with Gasteiger partial charge in [-0.1, -0.05) is 19.8 Å². The molecule has 0 radical (unpaired) electrons. The number of nitrogens with zero attached hydrogens (tertiary/aromatic N) is 1. The minimum absolute atomic E-state index is 0.0296. The Morgan fingerprint density at radius 2 is 2.00 bits per heavy atom. The number of carbonyl (C=O) groups is 2. The van der Waals surface area contributed by atoms with Crippen LogP contribution in [0.25, 0.3) is 0 Å². The first kappa shape index (κ1) is 14.5. The fourth-order valence-electron chi connectivity index (χ4n) is 1.20. The van der Waals surface area contributed by atoms with Crippen molar-refractivity contribution in [1.29, 1.82) is 0 Å². The van der Waals surface area contributed by atoms with E-state index < -0.39 is 11.4 Å². The molecule has 0 heterocycles. The van der Waals surface area contributed by atoms with Gasteiger partial charge in [0.25, 0.3) is 0 Å². The Bertz CT molecular complexity index is 317. The van der Waals surface area contributed by atoms with Crippen LogP contribution in [0.2, 0.25) is 0 Å². The van der Waals surface area contributed by atoms with Gasteiger partial charge in [0.2, 0.25) is 5.91 Å². The lowest BCUT2D eigenvalue weighted by molar-refractivity contribution is -0.155. The molecule has 0 aromatic carbocycles. The van der Waals surface area contributed by atoms with E-state index in [2.05, 4.69) is 5.92 Å². The van der Waals surface area contributed by atoms with Gasteiger partial charge in [-0.25, -0.2) is 0 Å². The highest BCUT2D eigenvalue weighted by atomic mass is 16.4. The molecule has 4 nitrogen and oxygen atoms in total. The molecule has 16 heavy (non-hydrogen) atoms. The van der Waals surface area contributed by atoms with Crippen LogP contribution < -0.4 is 0 Å². The number of hydrogen-bond acceptors (Lipinski definition) is 2. The van der Waals surface area contributed by atoms with Crippen molar-refractivity contribution in [2.75, 3.05) is 13.6 Å². The summed E-state index contributed by atoms with van der Waals surface area (Å²) in [6, 6.07) is 0. The third kappa shape index (κ3) is 3.27. The number of terminal acetylenes is 1. The van der Waals surface area contributed by atoms with E-state index in [1.54, 1.807) is 27.8 Å². The number of rotatable bonds is 5. The van der Waals surface area contributed by atoms with E-state index >= 15 is 0 Å². The van der Waals surface area contributed by atoms with Crippen LogP contribution in [0.3, 0.4) is 0 Å². The number of carboxylic acids is 1. The predicted octanol–water partition coefficient (Wildman–Crippen LogP) is 1.21. The highest BCUT2D eigenvalue weighted by Gasteiger charge is 2.39. The lowest BCUT2D eigenvalue weighted by atomic mass is 9.76. The predicted molar refractivity (Wildman–Crippen MR) is 61.7 cm³/mol. The van der Waals surface area contributed by atoms with Crippen molar-refractivity contribution in [3.8, 4) is 12.3 Å². The van der Waals surface area contributed by atoms with E-state index in [-0.39, 0.29) is 24.8 Å². The zero-order valence-electron chi connectivity index (χ0n) is 10.3. The standard InChI is InChI=1S/C12H19NO3/c1-6-7-13(5)10(14)8-12(4,9(2)3)11(15)16/h1,9H,7-8H2,2-5H3,(H,15,16). The second-order valence-electron chi connectivity index (χ2n) is 4.51. The molecule has 0 spiro atoms. The normalized spacial score (nSPS) is 14.0. The molecule has 0 saturated heterocycles. The zero-order chi connectivity index (χ0) is 12.9. The maximum atomic E-state index is 11.7. The van der Waals surface area contributed by atoms with Gasteiger partial charge in [0, 0.05) is 13.5 Å². The smallest absolute Gasteiger partial charge is 0.310 e. The fraction of sp³-hybridized carbons (Fsp3) is 0.667. The van der Waals surface area contributed by atoms with Crippen molar-refractivity contribution in [2.24, 2.45) is 11.3 Å². The second kappa shape index (κ2) is 5.55. The Hall–Kier alpha value is -1.50. The number of aliphatic carboxylic acids is 1. The highest BCUT2D eigenvalue weighted by molar-refractivity contribution is 5.84. The zero-order valence-corrected chi connectivity index (χ0v) is 10.3. The second-order valence-corrected chi connectivity index (χ2v) is 4.51. The third-order valence-electron chi connectivity index (χ3n) is 3.04. The summed E-state index contributed by atoms with van der Waals surface area (Å²) in [5.74, 6) is 1.04. The average molecular weight is 225 g/mol.